The zero-order valence-electron chi connectivity index (χ0n) is 11.6. The molecule has 118 valence electrons. The Morgan fingerprint density at radius 3 is 2.13 bits per heavy atom. The van der Waals surface area contributed by atoms with Gasteiger partial charge in [0, 0.05) is 5.39 Å². The topological polar surface area (TPSA) is 47.0 Å². The lowest BCUT2D eigenvalue weighted by Gasteiger charge is -2.08. The zero-order valence-corrected chi connectivity index (χ0v) is 12.4. The van der Waals surface area contributed by atoms with Gasteiger partial charge in [0.1, 0.15) is 0 Å². The number of fused-ring (bicyclic) bond motifs is 1. The van der Waals surface area contributed by atoms with Gasteiger partial charge in [-0.15, -0.1) is 0 Å². The number of hydrogen-bond donors (Lipinski definition) is 0. The number of aromatic nitrogens is 1. The molecule has 0 saturated heterocycles. The van der Waals surface area contributed by atoms with Crippen molar-refractivity contribution >= 4 is 20.7 Å². The smallest absolute Gasteiger partial charge is 0.236 e. The van der Waals surface area contributed by atoms with Gasteiger partial charge in [0.25, 0.3) is 0 Å². The third kappa shape index (κ3) is 2.92. The van der Waals surface area contributed by atoms with Crippen LogP contribution in [-0.2, 0) is 16.0 Å². The molecule has 0 unspecified atom stereocenters. The minimum atomic E-state index is -4.51. The lowest BCUT2D eigenvalue weighted by molar-refractivity contribution is -0.137. The maximum Gasteiger partial charge on any atom is 0.416 e. The molecule has 3 nitrogen and oxygen atoms in total. The molecule has 0 N–H and O–H groups in total. The van der Waals surface area contributed by atoms with Crippen molar-refractivity contribution in [1.29, 1.82) is 0 Å². The van der Waals surface area contributed by atoms with Crippen molar-refractivity contribution in [1.82, 2.24) is 4.98 Å². The lowest BCUT2D eigenvalue weighted by atomic mass is 10.2. The minimum absolute atomic E-state index is 0.198. The fraction of sp³-hybridized carbons (Fsp3) is 0.0625. The second-order valence-electron chi connectivity index (χ2n) is 4.87. The predicted octanol–water partition coefficient (Wildman–Crippen LogP) is 4.09. The number of hydrogen-bond acceptors (Lipinski definition) is 3. The van der Waals surface area contributed by atoms with Gasteiger partial charge in [-0.05, 0) is 42.5 Å². The largest absolute Gasteiger partial charge is 0.416 e. The summed E-state index contributed by atoms with van der Waals surface area (Å²) in [6.45, 7) is 0. The van der Waals surface area contributed by atoms with Gasteiger partial charge in [-0.25, -0.2) is 13.4 Å². The van der Waals surface area contributed by atoms with Crippen molar-refractivity contribution in [3.8, 4) is 0 Å². The van der Waals surface area contributed by atoms with Gasteiger partial charge in [-0.1, -0.05) is 18.2 Å². The molecule has 0 radical (unpaired) electrons. The molecule has 0 aliphatic rings. The number of rotatable bonds is 2. The monoisotopic (exact) mass is 337 g/mol. The molecule has 2 aromatic carbocycles. The molecule has 0 bridgehead atoms. The van der Waals surface area contributed by atoms with Crippen molar-refractivity contribution in [2.24, 2.45) is 0 Å². The molecule has 0 saturated carbocycles. The van der Waals surface area contributed by atoms with E-state index in [1.807, 2.05) is 0 Å². The Balaban J connectivity index is 2.06. The summed E-state index contributed by atoms with van der Waals surface area (Å²) in [5.74, 6) is 0. The molecule has 0 atom stereocenters. The Morgan fingerprint density at radius 1 is 0.826 bits per heavy atom. The molecule has 3 aromatic rings. The van der Waals surface area contributed by atoms with Crippen LogP contribution < -0.4 is 0 Å². The highest BCUT2D eigenvalue weighted by Crippen LogP contribution is 2.30. The van der Waals surface area contributed by atoms with Crippen molar-refractivity contribution in [2.75, 3.05) is 0 Å². The third-order valence-corrected chi connectivity index (χ3v) is 5.01. The van der Waals surface area contributed by atoms with E-state index in [9.17, 15) is 21.6 Å². The van der Waals surface area contributed by atoms with Crippen molar-refractivity contribution < 1.29 is 21.6 Å². The number of pyridine rings is 1. The van der Waals surface area contributed by atoms with E-state index in [1.54, 1.807) is 30.3 Å². The highest BCUT2D eigenvalue weighted by atomic mass is 32.2. The molecule has 3 rings (SSSR count). The maximum absolute atomic E-state index is 12.6. The summed E-state index contributed by atoms with van der Waals surface area (Å²) >= 11 is 0. The number of sulfone groups is 1. The van der Waals surface area contributed by atoms with Gasteiger partial charge in [0.2, 0.25) is 9.84 Å². The predicted molar refractivity (Wildman–Crippen MR) is 78.6 cm³/mol. The number of halogens is 3. The van der Waals surface area contributed by atoms with Crippen LogP contribution in [0.5, 0.6) is 0 Å². The first kappa shape index (κ1) is 15.5. The maximum atomic E-state index is 12.6. The summed E-state index contributed by atoms with van der Waals surface area (Å²) in [5, 5.41) is 0.579. The van der Waals surface area contributed by atoms with Gasteiger partial charge in [-0.2, -0.15) is 13.2 Å². The van der Waals surface area contributed by atoms with Crippen molar-refractivity contribution in [2.45, 2.75) is 16.1 Å². The van der Waals surface area contributed by atoms with Crippen molar-refractivity contribution in [3.05, 3.63) is 66.2 Å². The van der Waals surface area contributed by atoms with Crippen LogP contribution in [0.4, 0.5) is 13.2 Å². The molecule has 0 fully saturated rings. The average Bonchev–Trinajstić information content (AvgIpc) is 2.53. The van der Waals surface area contributed by atoms with E-state index in [-0.39, 0.29) is 9.92 Å². The van der Waals surface area contributed by atoms with E-state index in [2.05, 4.69) is 4.98 Å². The first-order valence-corrected chi connectivity index (χ1v) is 8.05. The minimum Gasteiger partial charge on any atom is -0.236 e. The van der Waals surface area contributed by atoms with E-state index in [1.165, 1.54) is 6.07 Å². The summed E-state index contributed by atoms with van der Waals surface area (Å²) in [7, 11) is -3.97. The number of benzene rings is 2. The third-order valence-electron chi connectivity index (χ3n) is 3.34. The normalized spacial score (nSPS) is 12.5. The Kier molecular flexibility index (Phi) is 3.60. The van der Waals surface area contributed by atoms with Gasteiger partial charge in [0.05, 0.1) is 16.0 Å². The number of nitrogens with zero attached hydrogens (tertiary/aromatic N) is 1. The summed E-state index contributed by atoms with van der Waals surface area (Å²) in [6, 6.07) is 13.3. The van der Waals surface area contributed by atoms with E-state index >= 15 is 0 Å². The average molecular weight is 337 g/mol. The van der Waals surface area contributed by atoms with Crippen LogP contribution in [0, 0.1) is 0 Å². The number of alkyl halides is 3. The van der Waals surface area contributed by atoms with Crippen LogP contribution >= 0.6 is 0 Å². The van der Waals surface area contributed by atoms with Gasteiger partial charge < -0.3 is 0 Å². The highest BCUT2D eigenvalue weighted by molar-refractivity contribution is 7.91. The Hall–Kier alpha value is -2.41. The molecular weight excluding hydrogens is 327 g/mol. The van der Waals surface area contributed by atoms with Crippen LogP contribution in [0.25, 0.3) is 10.9 Å². The van der Waals surface area contributed by atoms with Crippen LogP contribution in [0.1, 0.15) is 5.56 Å². The second-order valence-corrected chi connectivity index (χ2v) is 6.76. The summed E-state index contributed by atoms with van der Waals surface area (Å²) in [6.07, 6.45) is -4.51. The summed E-state index contributed by atoms with van der Waals surface area (Å²) in [4.78, 5) is 3.86. The summed E-state index contributed by atoms with van der Waals surface area (Å²) < 4.78 is 62.6. The first-order chi connectivity index (χ1) is 10.8. The van der Waals surface area contributed by atoms with Gasteiger partial charge in [0.15, 0.2) is 5.03 Å². The fourth-order valence-electron chi connectivity index (χ4n) is 2.14. The van der Waals surface area contributed by atoms with Gasteiger partial charge in [-0.3, -0.25) is 0 Å². The lowest BCUT2D eigenvalue weighted by Crippen LogP contribution is -2.07. The van der Waals surface area contributed by atoms with E-state index in [0.29, 0.717) is 5.52 Å². The molecule has 7 heteroatoms. The van der Waals surface area contributed by atoms with Crippen molar-refractivity contribution in [3.63, 3.8) is 0 Å². The standard InChI is InChI=1S/C16H10F3NO2S/c17-16(18,19)12-6-8-13(9-7-12)23(21,22)15-10-5-11-3-1-2-4-14(11)20-15/h1-10H. The molecule has 1 aromatic heterocycles. The zero-order chi connectivity index (χ0) is 16.7. The Labute approximate surface area is 130 Å². The van der Waals surface area contributed by atoms with Crippen LogP contribution in [0.3, 0.4) is 0 Å². The molecule has 0 aliphatic carbocycles. The highest BCUT2D eigenvalue weighted by Gasteiger charge is 2.31. The quantitative estimate of drug-likeness (QED) is 0.708. The van der Waals surface area contributed by atoms with Crippen LogP contribution in [0.15, 0.2) is 70.6 Å². The molecule has 0 aliphatic heterocycles. The van der Waals surface area contributed by atoms with Gasteiger partial charge >= 0.3 is 6.18 Å². The second kappa shape index (κ2) is 5.34. The Bertz CT molecular complexity index is 965. The Morgan fingerprint density at radius 2 is 1.48 bits per heavy atom. The van der Waals surface area contributed by atoms with Crippen LogP contribution in [-0.4, -0.2) is 13.4 Å². The van der Waals surface area contributed by atoms with Crippen LogP contribution in [0.2, 0.25) is 0 Å². The SMILES string of the molecule is O=S(=O)(c1ccc(C(F)(F)F)cc1)c1ccc2ccccc2n1. The first-order valence-electron chi connectivity index (χ1n) is 6.57. The van der Waals surface area contributed by atoms with E-state index < -0.39 is 21.6 Å². The van der Waals surface area contributed by atoms with E-state index in [0.717, 1.165) is 29.7 Å². The number of para-hydroxylation sites is 1. The van der Waals surface area contributed by atoms with E-state index in [4.69, 9.17) is 0 Å². The molecule has 23 heavy (non-hydrogen) atoms. The molecule has 1 heterocycles. The molecular formula is C16H10F3NO2S. The molecule has 0 spiro atoms. The summed E-state index contributed by atoms with van der Waals surface area (Å²) in [5.41, 5.74) is -0.400. The molecule has 0 amide bonds. The fourth-order valence-corrected chi connectivity index (χ4v) is 3.34.